The van der Waals surface area contributed by atoms with E-state index < -0.39 is 5.97 Å². The van der Waals surface area contributed by atoms with Crippen molar-refractivity contribution in [1.82, 2.24) is 5.32 Å². The van der Waals surface area contributed by atoms with Crippen molar-refractivity contribution in [3.05, 3.63) is 59.2 Å². The number of amides is 1. The van der Waals surface area contributed by atoms with E-state index in [1.165, 1.54) is 7.11 Å². The zero-order valence-corrected chi connectivity index (χ0v) is 12.5. The summed E-state index contributed by atoms with van der Waals surface area (Å²) in [6.45, 7) is 0.589. The molecular formula is C17H15NO5. The summed E-state index contributed by atoms with van der Waals surface area (Å²) in [5.41, 5.74) is 1.78. The lowest BCUT2D eigenvalue weighted by Gasteiger charge is -2.07. The molecule has 118 valence electrons. The van der Waals surface area contributed by atoms with Crippen molar-refractivity contribution in [3.8, 4) is 11.5 Å². The predicted molar refractivity (Wildman–Crippen MR) is 81.5 cm³/mol. The van der Waals surface area contributed by atoms with Gasteiger partial charge < -0.3 is 19.5 Å². The molecule has 0 saturated carbocycles. The second-order valence-corrected chi connectivity index (χ2v) is 4.94. The number of nitrogens with one attached hydrogen (secondary N) is 1. The number of methoxy groups -OCH3 is 1. The number of carbonyl (C=O) groups is 2. The van der Waals surface area contributed by atoms with E-state index in [1.54, 1.807) is 24.3 Å². The monoisotopic (exact) mass is 313 g/mol. The van der Waals surface area contributed by atoms with Gasteiger partial charge in [0.2, 0.25) is 6.79 Å². The lowest BCUT2D eigenvalue weighted by Crippen LogP contribution is -2.22. The Morgan fingerprint density at radius 2 is 1.74 bits per heavy atom. The predicted octanol–water partition coefficient (Wildman–Crippen LogP) is 2.13. The van der Waals surface area contributed by atoms with Gasteiger partial charge in [-0.2, -0.15) is 0 Å². The van der Waals surface area contributed by atoms with Crippen LogP contribution in [0.5, 0.6) is 11.5 Å². The van der Waals surface area contributed by atoms with Gasteiger partial charge in [0.25, 0.3) is 5.91 Å². The SMILES string of the molecule is COC(=O)c1ccc(C(=O)NCc2ccc3c(c2)OCO3)cc1. The maximum atomic E-state index is 12.1. The van der Waals surface area contributed by atoms with Crippen LogP contribution in [0.4, 0.5) is 0 Å². The number of rotatable bonds is 4. The average molecular weight is 313 g/mol. The molecule has 2 aromatic rings. The molecule has 1 heterocycles. The van der Waals surface area contributed by atoms with E-state index in [0.29, 0.717) is 29.2 Å². The van der Waals surface area contributed by atoms with Crippen molar-refractivity contribution >= 4 is 11.9 Å². The molecule has 0 bridgehead atoms. The molecule has 1 aliphatic heterocycles. The normalized spacial score (nSPS) is 11.9. The molecule has 23 heavy (non-hydrogen) atoms. The molecule has 0 fully saturated rings. The summed E-state index contributed by atoms with van der Waals surface area (Å²) in [5, 5.41) is 2.82. The minimum atomic E-state index is -0.433. The molecular weight excluding hydrogens is 298 g/mol. The molecule has 0 aromatic heterocycles. The molecule has 1 N–H and O–H groups in total. The molecule has 0 spiro atoms. The number of esters is 1. The van der Waals surface area contributed by atoms with Gasteiger partial charge in [-0.15, -0.1) is 0 Å². The van der Waals surface area contributed by atoms with Crippen LogP contribution in [0.1, 0.15) is 26.3 Å². The third kappa shape index (κ3) is 3.26. The number of fused-ring (bicyclic) bond motifs is 1. The highest BCUT2D eigenvalue weighted by Gasteiger charge is 2.14. The van der Waals surface area contributed by atoms with Gasteiger partial charge in [-0.3, -0.25) is 4.79 Å². The van der Waals surface area contributed by atoms with Crippen LogP contribution in [-0.4, -0.2) is 25.8 Å². The molecule has 0 saturated heterocycles. The molecule has 0 radical (unpaired) electrons. The lowest BCUT2D eigenvalue weighted by atomic mass is 10.1. The third-order valence-corrected chi connectivity index (χ3v) is 3.46. The summed E-state index contributed by atoms with van der Waals surface area (Å²) in [4.78, 5) is 23.5. The smallest absolute Gasteiger partial charge is 0.337 e. The Morgan fingerprint density at radius 1 is 1.04 bits per heavy atom. The molecule has 0 unspecified atom stereocenters. The van der Waals surface area contributed by atoms with E-state index in [9.17, 15) is 9.59 Å². The first-order valence-corrected chi connectivity index (χ1v) is 7.02. The first kappa shape index (κ1) is 14.9. The van der Waals surface area contributed by atoms with Gasteiger partial charge >= 0.3 is 5.97 Å². The van der Waals surface area contributed by atoms with Gasteiger partial charge in [0.05, 0.1) is 12.7 Å². The molecule has 2 aromatic carbocycles. The van der Waals surface area contributed by atoms with Crippen LogP contribution in [0, 0.1) is 0 Å². The maximum absolute atomic E-state index is 12.1. The fourth-order valence-corrected chi connectivity index (χ4v) is 2.21. The lowest BCUT2D eigenvalue weighted by molar-refractivity contribution is 0.0600. The van der Waals surface area contributed by atoms with Gasteiger partial charge in [0.15, 0.2) is 11.5 Å². The summed E-state index contributed by atoms with van der Waals surface area (Å²) < 4.78 is 15.2. The van der Waals surface area contributed by atoms with Gasteiger partial charge in [-0.25, -0.2) is 4.79 Å². The Hall–Kier alpha value is -3.02. The number of benzene rings is 2. The Balaban J connectivity index is 1.62. The Morgan fingerprint density at radius 3 is 2.48 bits per heavy atom. The third-order valence-electron chi connectivity index (χ3n) is 3.46. The quantitative estimate of drug-likeness (QED) is 0.875. The molecule has 1 amide bonds. The van der Waals surface area contributed by atoms with E-state index in [-0.39, 0.29) is 12.7 Å². The maximum Gasteiger partial charge on any atom is 0.337 e. The average Bonchev–Trinajstić information content (AvgIpc) is 3.06. The van der Waals surface area contributed by atoms with Crippen molar-refractivity contribution in [2.45, 2.75) is 6.54 Å². The summed E-state index contributed by atoms with van der Waals surface area (Å²) in [6, 6.07) is 11.8. The highest BCUT2D eigenvalue weighted by molar-refractivity contribution is 5.96. The van der Waals surface area contributed by atoms with Crippen LogP contribution < -0.4 is 14.8 Å². The van der Waals surface area contributed by atoms with Gasteiger partial charge in [-0.05, 0) is 42.0 Å². The van der Waals surface area contributed by atoms with Gasteiger partial charge in [-0.1, -0.05) is 6.07 Å². The second kappa shape index (κ2) is 6.39. The number of hydrogen-bond acceptors (Lipinski definition) is 5. The fourth-order valence-electron chi connectivity index (χ4n) is 2.21. The standard InChI is InChI=1S/C17H15NO5/c1-21-17(20)13-5-3-12(4-6-13)16(19)18-9-11-2-7-14-15(8-11)23-10-22-14/h2-8H,9-10H2,1H3,(H,18,19). The van der Waals surface area contributed by atoms with Crippen LogP contribution in [0.25, 0.3) is 0 Å². The van der Waals surface area contributed by atoms with E-state index in [4.69, 9.17) is 9.47 Å². The van der Waals surface area contributed by atoms with Gasteiger partial charge in [0, 0.05) is 12.1 Å². The minimum absolute atomic E-state index is 0.220. The highest BCUT2D eigenvalue weighted by Crippen LogP contribution is 2.32. The van der Waals surface area contributed by atoms with Crippen molar-refractivity contribution < 1.29 is 23.8 Å². The number of hydrogen-bond donors (Lipinski definition) is 1. The first-order valence-electron chi connectivity index (χ1n) is 7.02. The topological polar surface area (TPSA) is 73.9 Å². The van der Waals surface area contributed by atoms with E-state index in [2.05, 4.69) is 10.1 Å². The van der Waals surface area contributed by atoms with E-state index in [1.807, 2.05) is 18.2 Å². The summed E-state index contributed by atoms with van der Waals surface area (Å²) >= 11 is 0. The molecule has 6 nitrogen and oxygen atoms in total. The fraction of sp³-hybridized carbons (Fsp3) is 0.176. The van der Waals surface area contributed by atoms with Crippen molar-refractivity contribution in [2.75, 3.05) is 13.9 Å². The largest absolute Gasteiger partial charge is 0.465 e. The van der Waals surface area contributed by atoms with Crippen LogP contribution in [0.3, 0.4) is 0 Å². The van der Waals surface area contributed by atoms with Crippen LogP contribution in [0.2, 0.25) is 0 Å². The number of ether oxygens (including phenoxy) is 3. The van der Waals surface area contributed by atoms with Crippen LogP contribution >= 0.6 is 0 Å². The summed E-state index contributed by atoms with van der Waals surface area (Å²) in [7, 11) is 1.31. The zero-order chi connectivity index (χ0) is 16.2. The zero-order valence-electron chi connectivity index (χ0n) is 12.5. The molecule has 6 heteroatoms. The van der Waals surface area contributed by atoms with E-state index in [0.717, 1.165) is 5.56 Å². The molecule has 0 aliphatic carbocycles. The Kier molecular flexibility index (Phi) is 4.14. The van der Waals surface area contributed by atoms with Crippen molar-refractivity contribution in [2.24, 2.45) is 0 Å². The summed E-state index contributed by atoms with van der Waals surface area (Å²) in [6.07, 6.45) is 0. The van der Waals surface area contributed by atoms with E-state index >= 15 is 0 Å². The minimum Gasteiger partial charge on any atom is -0.465 e. The van der Waals surface area contributed by atoms with Crippen LogP contribution in [-0.2, 0) is 11.3 Å². The Labute approximate surface area is 133 Å². The number of carbonyl (C=O) groups excluding carboxylic acids is 2. The second-order valence-electron chi connectivity index (χ2n) is 4.94. The molecule has 1 aliphatic rings. The van der Waals surface area contributed by atoms with Crippen LogP contribution in [0.15, 0.2) is 42.5 Å². The molecule has 3 rings (SSSR count). The van der Waals surface area contributed by atoms with Crippen molar-refractivity contribution in [1.29, 1.82) is 0 Å². The highest BCUT2D eigenvalue weighted by atomic mass is 16.7. The molecule has 0 atom stereocenters. The van der Waals surface area contributed by atoms with Gasteiger partial charge in [0.1, 0.15) is 0 Å². The summed E-state index contributed by atoms with van der Waals surface area (Å²) in [5.74, 6) is 0.731. The first-order chi connectivity index (χ1) is 11.2. The Bertz CT molecular complexity index is 739. The van der Waals surface area contributed by atoms with Crippen molar-refractivity contribution in [3.63, 3.8) is 0 Å².